The molecule has 9 heavy (non-hydrogen) atoms. The van der Waals surface area contributed by atoms with Crippen molar-refractivity contribution >= 4 is 11.8 Å². The molecule has 2 nitrogen and oxygen atoms in total. The molecule has 0 saturated carbocycles. The van der Waals surface area contributed by atoms with E-state index in [1.54, 1.807) is 11.8 Å². The molecule has 0 aromatic heterocycles. The lowest BCUT2D eigenvalue weighted by Crippen LogP contribution is -2.12. The fraction of sp³-hybridized carbons (Fsp3) is 1.00. The van der Waals surface area contributed by atoms with Gasteiger partial charge in [-0.3, -0.25) is 0 Å². The molecule has 0 saturated heterocycles. The largest absolute Gasteiger partial charge is 0.368 e. The van der Waals surface area contributed by atoms with Crippen LogP contribution in [0, 0.1) is 0 Å². The lowest BCUT2D eigenvalue weighted by Gasteiger charge is -2.08. The normalized spacial score (nSPS) is 14.3. The molecule has 0 fully saturated rings. The summed E-state index contributed by atoms with van der Waals surface area (Å²) in [5, 5.41) is 0.184. The Bertz CT molecular complexity index is 58.1. The van der Waals surface area contributed by atoms with Crippen LogP contribution in [0.15, 0.2) is 0 Å². The number of rotatable bonds is 4. The summed E-state index contributed by atoms with van der Waals surface area (Å²) in [7, 11) is 0. The van der Waals surface area contributed by atoms with E-state index in [-0.39, 0.29) is 5.37 Å². The first-order valence-electron chi connectivity index (χ1n) is 3.11. The molecule has 56 valence electrons. The van der Waals surface area contributed by atoms with Crippen LogP contribution < -0.4 is 5.73 Å². The second kappa shape index (κ2) is 5.09. The van der Waals surface area contributed by atoms with Gasteiger partial charge in [-0.2, -0.15) is 0 Å². The molecule has 0 radical (unpaired) electrons. The van der Waals surface area contributed by atoms with E-state index in [2.05, 4.69) is 0 Å². The van der Waals surface area contributed by atoms with E-state index < -0.39 is 0 Å². The van der Waals surface area contributed by atoms with Crippen molar-refractivity contribution in [1.29, 1.82) is 0 Å². The van der Waals surface area contributed by atoms with Gasteiger partial charge in [-0.25, -0.2) is 0 Å². The van der Waals surface area contributed by atoms with Crippen molar-refractivity contribution in [2.24, 2.45) is 5.73 Å². The van der Waals surface area contributed by atoms with Gasteiger partial charge in [0.25, 0.3) is 0 Å². The SMILES string of the molecule is CC(C)OCSC(C)N. The van der Waals surface area contributed by atoms with Gasteiger partial charge in [-0.05, 0) is 20.8 Å². The Morgan fingerprint density at radius 2 is 2.00 bits per heavy atom. The Morgan fingerprint density at radius 3 is 2.33 bits per heavy atom. The van der Waals surface area contributed by atoms with E-state index in [9.17, 15) is 0 Å². The highest BCUT2D eigenvalue weighted by atomic mass is 32.2. The minimum absolute atomic E-state index is 0.184. The number of ether oxygens (including phenoxy) is 1. The summed E-state index contributed by atoms with van der Waals surface area (Å²) >= 11 is 1.62. The van der Waals surface area contributed by atoms with Gasteiger partial charge in [-0.15, -0.1) is 11.8 Å². The van der Waals surface area contributed by atoms with Gasteiger partial charge in [0.2, 0.25) is 0 Å². The van der Waals surface area contributed by atoms with Crippen LogP contribution in [0.4, 0.5) is 0 Å². The second-order valence-corrected chi connectivity index (χ2v) is 3.52. The highest BCUT2D eigenvalue weighted by Gasteiger charge is 1.95. The molecule has 0 aromatic rings. The van der Waals surface area contributed by atoms with Crippen LogP contribution in [0.3, 0.4) is 0 Å². The lowest BCUT2D eigenvalue weighted by molar-refractivity contribution is 0.120. The highest BCUT2D eigenvalue weighted by Crippen LogP contribution is 2.05. The van der Waals surface area contributed by atoms with Crippen molar-refractivity contribution in [3.63, 3.8) is 0 Å². The van der Waals surface area contributed by atoms with Crippen LogP contribution in [-0.2, 0) is 4.74 Å². The van der Waals surface area contributed by atoms with E-state index in [1.165, 1.54) is 0 Å². The maximum atomic E-state index is 5.46. The third-order valence-corrected chi connectivity index (χ3v) is 1.53. The molecule has 0 bridgehead atoms. The quantitative estimate of drug-likeness (QED) is 0.614. The first-order chi connectivity index (χ1) is 4.13. The fourth-order valence-corrected chi connectivity index (χ4v) is 0.848. The second-order valence-electron chi connectivity index (χ2n) is 2.21. The molecule has 0 heterocycles. The van der Waals surface area contributed by atoms with Crippen LogP contribution in [0.2, 0.25) is 0 Å². The summed E-state index contributed by atoms with van der Waals surface area (Å²) in [5.41, 5.74) is 5.46. The smallest absolute Gasteiger partial charge is 0.0939 e. The van der Waals surface area contributed by atoms with Gasteiger partial charge in [0.1, 0.15) is 0 Å². The van der Waals surface area contributed by atoms with Crippen molar-refractivity contribution in [2.45, 2.75) is 32.2 Å². The van der Waals surface area contributed by atoms with Crippen molar-refractivity contribution in [3.8, 4) is 0 Å². The Hall–Kier alpha value is 0.270. The zero-order valence-corrected chi connectivity index (χ0v) is 7.07. The number of nitrogens with two attached hydrogens (primary N) is 1. The van der Waals surface area contributed by atoms with Gasteiger partial charge in [0.05, 0.1) is 17.4 Å². The van der Waals surface area contributed by atoms with E-state index in [4.69, 9.17) is 10.5 Å². The van der Waals surface area contributed by atoms with E-state index in [0.717, 1.165) is 0 Å². The molecule has 0 aliphatic heterocycles. The van der Waals surface area contributed by atoms with Crippen molar-refractivity contribution < 1.29 is 4.74 Å². The summed E-state index contributed by atoms with van der Waals surface area (Å²) in [6.45, 7) is 5.98. The summed E-state index contributed by atoms with van der Waals surface area (Å²) in [4.78, 5) is 0. The Balaban J connectivity index is 2.91. The summed E-state index contributed by atoms with van der Waals surface area (Å²) in [6, 6.07) is 0. The monoisotopic (exact) mass is 149 g/mol. The minimum Gasteiger partial charge on any atom is -0.368 e. The molecule has 0 aliphatic carbocycles. The minimum atomic E-state index is 0.184. The van der Waals surface area contributed by atoms with Gasteiger partial charge < -0.3 is 10.5 Å². The van der Waals surface area contributed by atoms with Crippen molar-refractivity contribution in [3.05, 3.63) is 0 Å². The average Bonchev–Trinajstić information content (AvgIpc) is 1.63. The molecule has 0 aromatic carbocycles. The lowest BCUT2D eigenvalue weighted by atomic mass is 10.5. The standard InChI is InChI=1S/C6H15NOS/c1-5(2)8-4-9-6(3)7/h5-6H,4,7H2,1-3H3. The van der Waals surface area contributed by atoms with E-state index >= 15 is 0 Å². The molecule has 0 rings (SSSR count). The molecular weight excluding hydrogens is 134 g/mol. The third-order valence-electron chi connectivity index (χ3n) is 0.732. The molecule has 0 aliphatic rings. The highest BCUT2D eigenvalue weighted by molar-refractivity contribution is 7.99. The molecule has 1 unspecified atom stereocenters. The van der Waals surface area contributed by atoms with E-state index in [1.807, 2.05) is 20.8 Å². The predicted molar refractivity (Wildman–Crippen MR) is 42.3 cm³/mol. The fourth-order valence-electron chi connectivity index (χ4n) is 0.283. The van der Waals surface area contributed by atoms with Crippen LogP contribution in [0.5, 0.6) is 0 Å². The Kier molecular flexibility index (Phi) is 5.24. The first kappa shape index (κ1) is 9.27. The van der Waals surface area contributed by atoms with Crippen molar-refractivity contribution in [2.75, 3.05) is 5.94 Å². The number of hydrogen-bond donors (Lipinski definition) is 1. The Morgan fingerprint density at radius 1 is 1.44 bits per heavy atom. The van der Waals surface area contributed by atoms with Gasteiger partial charge in [-0.1, -0.05) is 0 Å². The molecule has 2 N–H and O–H groups in total. The number of thioether (sulfide) groups is 1. The van der Waals surface area contributed by atoms with Crippen LogP contribution in [0.25, 0.3) is 0 Å². The van der Waals surface area contributed by atoms with Crippen LogP contribution in [-0.4, -0.2) is 17.4 Å². The molecule has 3 heteroatoms. The van der Waals surface area contributed by atoms with Gasteiger partial charge in [0.15, 0.2) is 0 Å². The average molecular weight is 149 g/mol. The molecule has 0 amide bonds. The van der Waals surface area contributed by atoms with Crippen LogP contribution >= 0.6 is 11.8 Å². The summed E-state index contributed by atoms with van der Waals surface area (Å²) in [5.74, 6) is 0.704. The zero-order valence-electron chi connectivity index (χ0n) is 6.26. The Labute approximate surface area is 61.1 Å². The first-order valence-corrected chi connectivity index (χ1v) is 4.16. The van der Waals surface area contributed by atoms with Crippen molar-refractivity contribution in [1.82, 2.24) is 0 Å². The molecule has 0 spiro atoms. The maximum Gasteiger partial charge on any atom is 0.0939 e. The third kappa shape index (κ3) is 8.27. The topological polar surface area (TPSA) is 35.2 Å². The molecular formula is C6H15NOS. The summed E-state index contributed by atoms with van der Waals surface area (Å²) < 4.78 is 5.24. The van der Waals surface area contributed by atoms with E-state index in [0.29, 0.717) is 12.0 Å². The van der Waals surface area contributed by atoms with Crippen LogP contribution in [0.1, 0.15) is 20.8 Å². The predicted octanol–water partition coefficient (Wildman–Crippen LogP) is 1.41. The molecule has 1 atom stereocenters. The summed E-state index contributed by atoms with van der Waals surface area (Å²) in [6.07, 6.45) is 0.316. The number of hydrogen-bond acceptors (Lipinski definition) is 3. The van der Waals surface area contributed by atoms with Gasteiger partial charge in [0, 0.05) is 0 Å². The van der Waals surface area contributed by atoms with Gasteiger partial charge >= 0.3 is 0 Å². The maximum absolute atomic E-state index is 5.46. The zero-order chi connectivity index (χ0) is 7.28.